The number of carbonyl (C=O) groups excluding carboxylic acids is 1. The fourth-order valence-corrected chi connectivity index (χ4v) is 2.80. The van der Waals surface area contributed by atoms with Gasteiger partial charge in [0.25, 0.3) is 0 Å². The maximum atomic E-state index is 11.1. The van der Waals surface area contributed by atoms with Crippen molar-refractivity contribution in [3.05, 3.63) is 65.2 Å². The van der Waals surface area contributed by atoms with Gasteiger partial charge in [-0.3, -0.25) is 10.0 Å². The second kappa shape index (κ2) is 14.8. The van der Waals surface area contributed by atoms with E-state index in [-0.39, 0.29) is 19.1 Å². The van der Waals surface area contributed by atoms with Crippen LogP contribution in [0.3, 0.4) is 0 Å². The normalized spacial score (nSPS) is 11.2. The van der Waals surface area contributed by atoms with Crippen LogP contribution in [0.5, 0.6) is 0 Å². The lowest BCUT2D eigenvalue weighted by Crippen LogP contribution is -2.26. The Morgan fingerprint density at radius 2 is 1.83 bits per heavy atom. The molecule has 1 atom stereocenters. The van der Waals surface area contributed by atoms with Crippen LogP contribution in [-0.4, -0.2) is 49.1 Å². The Morgan fingerprint density at radius 1 is 1.17 bits per heavy atom. The first-order chi connectivity index (χ1) is 14.0. The molecule has 0 aliphatic carbocycles. The number of hydrogen-bond acceptors (Lipinski definition) is 5. The van der Waals surface area contributed by atoms with Crippen LogP contribution in [0.4, 0.5) is 5.69 Å². The SMILES string of the molecule is CCOC(CCc1ccc(Cl)cc1)CC(=O)NO.CN(CCO)c1ccccc1. The minimum absolute atomic E-state index is 0.165. The minimum atomic E-state index is -0.426. The van der Waals surface area contributed by atoms with Crippen LogP contribution in [0.2, 0.25) is 5.02 Å². The highest BCUT2D eigenvalue weighted by Crippen LogP contribution is 2.14. The summed E-state index contributed by atoms with van der Waals surface area (Å²) in [6.45, 7) is 3.31. The maximum Gasteiger partial charge on any atom is 0.245 e. The number of halogens is 1. The topological polar surface area (TPSA) is 82.0 Å². The molecule has 2 aromatic carbocycles. The quantitative estimate of drug-likeness (QED) is 0.402. The molecule has 1 amide bonds. The second-order valence-corrected chi connectivity index (χ2v) is 6.90. The molecular weight excluding hydrogens is 392 g/mol. The Bertz CT molecular complexity index is 683. The number of carbonyl (C=O) groups is 1. The summed E-state index contributed by atoms with van der Waals surface area (Å²) in [6.07, 6.45) is 1.51. The molecule has 6 nitrogen and oxygen atoms in total. The largest absolute Gasteiger partial charge is 0.395 e. The number of hydrogen-bond donors (Lipinski definition) is 3. The summed E-state index contributed by atoms with van der Waals surface area (Å²) in [7, 11) is 1.96. The van der Waals surface area contributed by atoms with Gasteiger partial charge in [-0.1, -0.05) is 41.9 Å². The van der Waals surface area contributed by atoms with Crippen molar-refractivity contribution < 1.29 is 19.8 Å². The zero-order valence-corrected chi connectivity index (χ0v) is 17.8. The van der Waals surface area contributed by atoms with Crippen LogP contribution in [0.25, 0.3) is 0 Å². The predicted molar refractivity (Wildman–Crippen MR) is 117 cm³/mol. The lowest BCUT2D eigenvalue weighted by atomic mass is 10.0. The second-order valence-electron chi connectivity index (χ2n) is 6.46. The fraction of sp³-hybridized carbons (Fsp3) is 0.409. The summed E-state index contributed by atoms with van der Waals surface area (Å²) in [5.74, 6) is -0.426. The van der Waals surface area contributed by atoms with Gasteiger partial charge in [0.2, 0.25) is 5.91 Å². The summed E-state index contributed by atoms with van der Waals surface area (Å²) in [6, 6.07) is 17.6. The first-order valence-electron chi connectivity index (χ1n) is 9.66. The van der Waals surface area contributed by atoms with Crippen LogP contribution < -0.4 is 10.4 Å². The third kappa shape index (κ3) is 10.9. The van der Waals surface area contributed by atoms with Gasteiger partial charge in [-0.15, -0.1) is 0 Å². The van der Waals surface area contributed by atoms with E-state index in [2.05, 4.69) is 0 Å². The number of hydroxylamine groups is 1. The van der Waals surface area contributed by atoms with E-state index < -0.39 is 5.91 Å². The summed E-state index contributed by atoms with van der Waals surface area (Å²) in [4.78, 5) is 13.1. The predicted octanol–water partition coefficient (Wildman–Crippen LogP) is 3.69. The van der Waals surface area contributed by atoms with E-state index in [0.29, 0.717) is 18.2 Å². The van der Waals surface area contributed by atoms with Gasteiger partial charge in [0.05, 0.1) is 19.1 Å². The molecule has 1 unspecified atom stereocenters. The molecule has 2 rings (SSSR count). The van der Waals surface area contributed by atoms with Crippen molar-refractivity contribution >= 4 is 23.2 Å². The molecule has 0 bridgehead atoms. The number of benzene rings is 2. The maximum absolute atomic E-state index is 11.1. The van der Waals surface area contributed by atoms with Crippen molar-refractivity contribution in [2.24, 2.45) is 0 Å². The molecule has 0 heterocycles. The average Bonchev–Trinajstić information content (AvgIpc) is 2.74. The lowest BCUT2D eigenvalue weighted by molar-refractivity contribution is -0.132. The first kappa shape index (κ1) is 24.9. The van der Waals surface area contributed by atoms with Gasteiger partial charge in [0, 0.05) is 30.9 Å². The molecule has 0 aliphatic rings. The standard InChI is InChI=1S/C13H18ClNO3.C9H13NO/c1-2-18-12(9-13(16)15-17)8-5-10-3-6-11(14)7-4-10;1-10(7-8-11)9-5-3-2-4-6-9/h3-4,6-7,12,17H,2,5,8-9H2,1H3,(H,15,16);2-6,11H,7-8H2,1H3. The highest BCUT2D eigenvalue weighted by molar-refractivity contribution is 6.30. The summed E-state index contributed by atoms with van der Waals surface area (Å²) in [5, 5.41) is 17.9. The van der Waals surface area contributed by atoms with Crippen LogP contribution in [0.1, 0.15) is 25.3 Å². The molecule has 0 aliphatic heterocycles. The van der Waals surface area contributed by atoms with E-state index in [1.54, 1.807) is 5.48 Å². The average molecular weight is 423 g/mol. The zero-order chi connectivity index (χ0) is 21.5. The Labute approximate surface area is 178 Å². The van der Waals surface area contributed by atoms with Crippen molar-refractivity contribution in [1.29, 1.82) is 0 Å². The molecule has 0 radical (unpaired) electrons. The number of aliphatic hydroxyl groups excluding tert-OH is 1. The number of nitrogens with one attached hydrogen (secondary N) is 1. The number of aliphatic hydroxyl groups is 1. The van der Waals surface area contributed by atoms with E-state index >= 15 is 0 Å². The van der Waals surface area contributed by atoms with Crippen LogP contribution in [-0.2, 0) is 16.0 Å². The molecule has 0 fully saturated rings. The van der Waals surface area contributed by atoms with E-state index in [4.69, 9.17) is 26.7 Å². The van der Waals surface area contributed by atoms with Crippen molar-refractivity contribution in [2.45, 2.75) is 32.3 Å². The molecule has 0 aromatic heterocycles. The number of rotatable bonds is 10. The van der Waals surface area contributed by atoms with Gasteiger partial charge < -0.3 is 14.7 Å². The van der Waals surface area contributed by atoms with Crippen LogP contribution in [0, 0.1) is 0 Å². The van der Waals surface area contributed by atoms with E-state index in [9.17, 15) is 4.79 Å². The summed E-state index contributed by atoms with van der Waals surface area (Å²) < 4.78 is 5.46. The molecule has 160 valence electrons. The molecule has 29 heavy (non-hydrogen) atoms. The van der Waals surface area contributed by atoms with Gasteiger partial charge in [-0.25, -0.2) is 5.48 Å². The lowest BCUT2D eigenvalue weighted by Gasteiger charge is -2.17. The summed E-state index contributed by atoms with van der Waals surface area (Å²) in [5.41, 5.74) is 3.91. The van der Waals surface area contributed by atoms with Gasteiger partial charge >= 0.3 is 0 Å². The molecule has 0 spiro atoms. The van der Waals surface area contributed by atoms with Crippen molar-refractivity contribution in [1.82, 2.24) is 5.48 Å². The number of likely N-dealkylation sites (N-methyl/N-ethyl adjacent to an activating group) is 1. The van der Waals surface area contributed by atoms with Gasteiger partial charge in [0.15, 0.2) is 0 Å². The number of amides is 1. The Hall–Kier alpha value is -2.12. The number of ether oxygens (including phenoxy) is 1. The van der Waals surface area contributed by atoms with Crippen molar-refractivity contribution in [3.63, 3.8) is 0 Å². The Kier molecular flexibility index (Phi) is 12.7. The van der Waals surface area contributed by atoms with Crippen LogP contribution in [0.15, 0.2) is 54.6 Å². The van der Waals surface area contributed by atoms with Gasteiger partial charge in [-0.2, -0.15) is 0 Å². The highest BCUT2D eigenvalue weighted by Gasteiger charge is 2.13. The third-order valence-electron chi connectivity index (χ3n) is 4.24. The van der Waals surface area contributed by atoms with Crippen LogP contribution >= 0.6 is 11.6 Å². The number of anilines is 1. The molecule has 0 saturated heterocycles. The van der Waals surface area contributed by atoms with Crippen molar-refractivity contribution in [3.8, 4) is 0 Å². The molecule has 0 saturated carbocycles. The highest BCUT2D eigenvalue weighted by atomic mass is 35.5. The monoisotopic (exact) mass is 422 g/mol. The Balaban J connectivity index is 0.000000326. The number of aryl methyl sites for hydroxylation is 1. The summed E-state index contributed by atoms with van der Waals surface area (Å²) >= 11 is 5.81. The van der Waals surface area contributed by atoms with E-state index in [1.807, 2.05) is 73.5 Å². The van der Waals surface area contributed by atoms with Gasteiger partial charge in [-0.05, 0) is 49.6 Å². The number of para-hydroxylation sites is 1. The minimum Gasteiger partial charge on any atom is -0.395 e. The number of nitrogens with zero attached hydrogens (tertiary/aromatic N) is 1. The first-order valence-corrected chi connectivity index (χ1v) is 10.0. The van der Waals surface area contributed by atoms with E-state index in [0.717, 1.165) is 24.1 Å². The Morgan fingerprint density at radius 3 is 2.38 bits per heavy atom. The fourth-order valence-electron chi connectivity index (χ4n) is 2.67. The van der Waals surface area contributed by atoms with Gasteiger partial charge in [0.1, 0.15) is 0 Å². The molecule has 7 heteroatoms. The molecule has 2 aromatic rings. The zero-order valence-electron chi connectivity index (χ0n) is 17.1. The smallest absolute Gasteiger partial charge is 0.245 e. The molecule has 3 N–H and O–H groups in total. The van der Waals surface area contributed by atoms with Crippen molar-refractivity contribution in [2.75, 3.05) is 31.7 Å². The third-order valence-corrected chi connectivity index (χ3v) is 4.49. The molecular formula is C22H31ClN2O4. The van der Waals surface area contributed by atoms with E-state index in [1.165, 1.54) is 0 Å².